The fourth-order valence-electron chi connectivity index (χ4n) is 0.311. The molecule has 1 radical (unpaired) electrons. The van der Waals surface area contributed by atoms with E-state index in [1.165, 1.54) is 0 Å². The number of rotatable bonds is 3. The van der Waals surface area contributed by atoms with Gasteiger partial charge in [-0.3, -0.25) is 0 Å². The molecule has 0 aromatic heterocycles. The summed E-state index contributed by atoms with van der Waals surface area (Å²) >= 11 is 4.75. The summed E-state index contributed by atoms with van der Waals surface area (Å²) in [4.78, 5) is 0. The van der Waals surface area contributed by atoms with Crippen molar-refractivity contribution in [3.8, 4) is 0 Å². The van der Waals surface area contributed by atoms with Gasteiger partial charge in [0.15, 0.2) is 0 Å². The molecule has 43 valence electrons. The molecule has 0 aliphatic carbocycles. The second kappa shape index (κ2) is 4.43. The largest absolute Gasteiger partial charge is 0.304 e. The molecule has 0 aliphatic heterocycles. The van der Waals surface area contributed by atoms with Gasteiger partial charge in [0.1, 0.15) is 0 Å². The summed E-state index contributed by atoms with van der Waals surface area (Å²) in [6, 6.07) is 0. The zero-order valence-electron chi connectivity index (χ0n) is 4.69. The van der Waals surface area contributed by atoms with Crippen LogP contribution in [0.4, 0.5) is 0 Å². The third kappa shape index (κ3) is 2.91. The quantitative estimate of drug-likeness (QED) is 0.509. The lowest BCUT2D eigenvalue weighted by Crippen LogP contribution is -2.39. The highest BCUT2D eigenvalue weighted by Gasteiger charge is 1.94. The minimum absolute atomic E-state index is 0.301. The third-order valence-electron chi connectivity index (χ3n) is 0.864. The van der Waals surface area contributed by atoms with Gasteiger partial charge in [0.2, 0.25) is 0 Å². The molecule has 0 spiro atoms. The first-order valence-corrected chi connectivity index (χ1v) is 2.85. The van der Waals surface area contributed by atoms with Gasteiger partial charge in [-0.2, -0.15) is 0 Å². The van der Waals surface area contributed by atoms with E-state index in [0.29, 0.717) is 11.9 Å². The Morgan fingerprint density at radius 3 is 1.86 bits per heavy atom. The molecule has 7 heavy (non-hydrogen) atoms. The zero-order chi connectivity index (χ0) is 5.70. The van der Waals surface area contributed by atoms with Gasteiger partial charge in [0.25, 0.3) is 0 Å². The number of hydrogen-bond donors (Lipinski definition) is 2. The maximum Gasteiger partial charge on any atom is 0.0668 e. The molecule has 0 aromatic rings. The van der Waals surface area contributed by atoms with Crippen LogP contribution in [0.15, 0.2) is 0 Å². The summed E-state index contributed by atoms with van der Waals surface area (Å²) in [5.41, 5.74) is 0. The Bertz CT molecular complexity index is 31.2. The van der Waals surface area contributed by atoms with Crippen molar-refractivity contribution in [3.63, 3.8) is 0 Å². The molecule has 0 rings (SSSR count). The van der Waals surface area contributed by atoms with Crippen molar-refractivity contribution in [2.24, 2.45) is 0 Å². The van der Waals surface area contributed by atoms with Crippen LogP contribution in [-0.4, -0.2) is 26.0 Å². The molecule has 0 saturated heterocycles. The van der Waals surface area contributed by atoms with Crippen molar-refractivity contribution in [2.45, 2.75) is 6.17 Å². The van der Waals surface area contributed by atoms with Gasteiger partial charge in [-0.25, -0.2) is 0 Å². The van der Waals surface area contributed by atoms with Gasteiger partial charge in [-0.15, -0.1) is 0 Å². The van der Waals surface area contributed by atoms with E-state index in [1.54, 1.807) is 0 Å². The molecule has 0 aliphatic rings. The molecule has 0 heterocycles. The summed E-state index contributed by atoms with van der Waals surface area (Å²) in [5.74, 6) is 0.715. The lowest BCUT2D eigenvalue weighted by molar-refractivity contribution is 0.546. The average molecular weight is 119 g/mol. The summed E-state index contributed by atoms with van der Waals surface area (Å²) in [5, 5.41) is 5.97. The lowest BCUT2D eigenvalue weighted by Gasteiger charge is -2.09. The van der Waals surface area contributed by atoms with E-state index in [0.717, 1.165) is 0 Å². The molecule has 2 nitrogen and oxygen atoms in total. The Morgan fingerprint density at radius 1 is 1.43 bits per heavy atom. The van der Waals surface area contributed by atoms with E-state index >= 15 is 0 Å². The first-order valence-electron chi connectivity index (χ1n) is 2.27. The number of nitrogens with one attached hydrogen (secondary N) is 2. The Labute approximate surface area is 50.1 Å². The second-order valence-electron chi connectivity index (χ2n) is 1.30. The lowest BCUT2D eigenvalue weighted by atomic mass is 10.6. The zero-order valence-corrected chi connectivity index (χ0v) is 5.51. The maximum atomic E-state index is 4.75. The van der Waals surface area contributed by atoms with Gasteiger partial charge in [-0.05, 0) is 14.1 Å². The summed E-state index contributed by atoms with van der Waals surface area (Å²) in [6.45, 7) is 0. The van der Waals surface area contributed by atoms with Crippen molar-refractivity contribution in [2.75, 3.05) is 19.8 Å². The Balaban J connectivity index is 2.99. The van der Waals surface area contributed by atoms with Crippen LogP contribution in [0.25, 0.3) is 0 Å². The minimum atomic E-state index is 0.301. The molecular weight excluding hydrogens is 108 g/mol. The minimum Gasteiger partial charge on any atom is -0.304 e. The van der Waals surface area contributed by atoms with Crippen LogP contribution in [0.2, 0.25) is 0 Å². The van der Waals surface area contributed by atoms with Crippen molar-refractivity contribution in [1.82, 2.24) is 10.6 Å². The van der Waals surface area contributed by atoms with Crippen molar-refractivity contribution in [3.05, 3.63) is 0 Å². The van der Waals surface area contributed by atoms with Crippen LogP contribution in [0.1, 0.15) is 0 Å². The van der Waals surface area contributed by atoms with Gasteiger partial charge in [0.05, 0.1) is 6.17 Å². The van der Waals surface area contributed by atoms with Gasteiger partial charge >= 0.3 is 0 Å². The summed E-state index contributed by atoms with van der Waals surface area (Å²) in [7, 11) is 3.76. The normalized spacial score (nSPS) is 10.3. The van der Waals surface area contributed by atoms with Crippen LogP contribution in [0, 0.1) is 0 Å². The fraction of sp³-hybridized carbons (Fsp3) is 1.00. The van der Waals surface area contributed by atoms with Gasteiger partial charge in [-0.1, -0.05) is 12.6 Å². The first-order chi connectivity index (χ1) is 3.35. The molecule has 0 bridgehead atoms. The van der Waals surface area contributed by atoms with Crippen molar-refractivity contribution >= 4 is 12.6 Å². The molecule has 0 unspecified atom stereocenters. The van der Waals surface area contributed by atoms with E-state index in [1.807, 2.05) is 14.1 Å². The van der Waals surface area contributed by atoms with E-state index in [-0.39, 0.29) is 0 Å². The molecule has 3 heteroatoms. The molecule has 0 atom stereocenters. The van der Waals surface area contributed by atoms with Crippen molar-refractivity contribution < 1.29 is 0 Å². The van der Waals surface area contributed by atoms with Gasteiger partial charge in [0, 0.05) is 5.75 Å². The van der Waals surface area contributed by atoms with Gasteiger partial charge < -0.3 is 10.6 Å². The molecule has 0 amide bonds. The smallest absolute Gasteiger partial charge is 0.0668 e. The van der Waals surface area contributed by atoms with E-state index < -0.39 is 0 Å². The second-order valence-corrected chi connectivity index (χ2v) is 1.63. The number of hydrogen-bond acceptors (Lipinski definition) is 2. The highest BCUT2D eigenvalue weighted by molar-refractivity contribution is 7.80. The Hall–Kier alpha value is 0.270. The summed E-state index contributed by atoms with van der Waals surface area (Å²) < 4.78 is 0. The third-order valence-corrected chi connectivity index (χ3v) is 1.20. The monoisotopic (exact) mass is 119 g/mol. The predicted octanol–water partition coefficient (Wildman–Crippen LogP) is -0.0512. The van der Waals surface area contributed by atoms with Crippen LogP contribution in [-0.2, 0) is 0 Å². The first kappa shape index (κ1) is 7.27. The Morgan fingerprint density at radius 2 is 1.86 bits per heavy atom. The predicted molar refractivity (Wildman–Crippen MR) is 34.4 cm³/mol. The summed E-state index contributed by atoms with van der Waals surface area (Å²) in [6.07, 6.45) is 0.301. The highest BCUT2D eigenvalue weighted by Crippen LogP contribution is 1.76. The molecular formula is C4H11N2S. The van der Waals surface area contributed by atoms with E-state index in [4.69, 9.17) is 12.6 Å². The topological polar surface area (TPSA) is 24.1 Å². The SMILES string of the molecule is CNC(C[S])NC. The van der Waals surface area contributed by atoms with Crippen molar-refractivity contribution in [1.29, 1.82) is 0 Å². The van der Waals surface area contributed by atoms with E-state index in [9.17, 15) is 0 Å². The molecule has 2 N–H and O–H groups in total. The average Bonchev–Trinajstić information content (AvgIpc) is 1.72. The van der Waals surface area contributed by atoms with E-state index in [2.05, 4.69) is 10.6 Å². The van der Waals surface area contributed by atoms with Crippen LogP contribution >= 0.6 is 12.6 Å². The molecule has 0 saturated carbocycles. The molecule has 0 fully saturated rings. The molecule has 0 aromatic carbocycles. The maximum absolute atomic E-state index is 4.75. The fourth-order valence-corrected chi connectivity index (χ4v) is 0.644. The van der Waals surface area contributed by atoms with Crippen LogP contribution in [0.3, 0.4) is 0 Å². The Kier molecular flexibility index (Phi) is 4.60. The highest BCUT2D eigenvalue weighted by atomic mass is 32.1. The van der Waals surface area contributed by atoms with Crippen LogP contribution in [0.5, 0.6) is 0 Å². The van der Waals surface area contributed by atoms with Crippen LogP contribution < -0.4 is 10.6 Å². The standard InChI is InChI=1S/C4H11N2S/c1-5-4(3-7)6-2/h4-6H,3H2,1-2H3.